The Morgan fingerprint density at radius 3 is 2.04 bits per heavy atom. The average Bonchev–Trinajstić information content (AvgIpc) is 2.52. The number of aryl methyl sites for hydroxylation is 1. The van der Waals surface area contributed by atoms with Gasteiger partial charge in [0.15, 0.2) is 0 Å². The number of amides is 2. The molecule has 0 heterocycles. The van der Waals surface area contributed by atoms with Crippen LogP contribution >= 0.6 is 0 Å². The van der Waals surface area contributed by atoms with Gasteiger partial charge in [-0.2, -0.15) is 0 Å². The van der Waals surface area contributed by atoms with Crippen molar-refractivity contribution in [2.75, 3.05) is 0 Å². The molecule has 4 aliphatic rings. The molecule has 0 atom stereocenters. The molecule has 0 spiro atoms. The van der Waals surface area contributed by atoms with Gasteiger partial charge in [-0.15, -0.1) is 0 Å². The lowest BCUT2D eigenvalue weighted by molar-refractivity contribution is -0.142. The number of carbonyl (C=O) groups is 2. The van der Waals surface area contributed by atoms with Gasteiger partial charge in [-0.1, -0.05) is 29.8 Å². The molecule has 4 nitrogen and oxygen atoms in total. The summed E-state index contributed by atoms with van der Waals surface area (Å²) in [4.78, 5) is 24.6. The molecule has 128 valence electrons. The van der Waals surface area contributed by atoms with Crippen LogP contribution in [0.2, 0.25) is 0 Å². The molecule has 5 rings (SSSR count). The lowest BCUT2D eigenvalue weighted by Gasteiger charge is -2.56. The maximum atomic E-state index is 12.4. The molecule has 1 aromatic carbocycles. The van der Waals surface area contributed by atoms with Crippen molar-refractivity contribution in [1.82, 2.24) is 10.6 Å². The summed E-state index contributed by atoms with van der Waals surface area (Å²) in [5.74, 6) is 1.31. The molecule has 0 aromatic heterocycles. The molecule has 1 aromatic rings. The summed E-state index contributed by atoms with van der Waals surface area (Å²) in [6, 6.07) is 7.98. The zero-order valence-corrected chi connectivity index (χ0v) is 14.3. The third kappa shape index (κ3) is 3.06. The van der Waals surface area contributed by atoms with Crippen LogP contribution in [0, 0.1) is 24.7 Å². The Morgan fingerprint density at radius 2 is 1.50 bits per heavy atom. The summed E-state index contributed by atoms with van der Waals surface area (Å²) in [7, 11) is 0. The van der Waals surface area contributed by atoms with E-state index >= 15 is 0 Å². The van der Waals surface area contributed by atoms with Crippen LogP contribution in [0.25, 0.3) is 0 Å². The molecule has 2 N–H and O–H groups in total. The van der Waals surface area contributed by atoms with E-state index in [1.807, 2.05) is 31.2 Å². The second kappa shape index (κ2) is 5.91. The Balaban J connectivity index is 1.34. The molecule has 4 saturated carbocycles. The van der Waals surface area contributed by atoms with Crippen molar-refractivity contribution in [2.24, 2.45) is 17.8 Å². The standard InChI is InChI=1S/C20H26N2O2/c1-13-2-4-14(5-3-13)12-21-18(23)19(24)22-20-9-15-6-16(10-20)8-17(7-15)11-20/h2-5,15-17H,6-12H2,1H3,(H,21,23)(H,22,24). The van der Waals surface area contributed by atoms with Crippen molar-refractivity contribution < 1.29 is 9.59 Å². The van der Waals surface area contributed by atoms with Gasteiger partial charge < -0.3 is 10.6 Å². The monoisotopic (exact) mass is 326 g/mol. The van der Waals surface area contributed by atoms with Gasteiger partial charge in [0.1, 0.15) is 0 Å². The van der Waals surface area contributed by atoms with Crippen molar-refractivity contribution in [3.8, 4) is 0 Å². The maximum absolute atomic E-state index is 12.4. The summed E-state index contributed by atoms with van der Waals surface area (Å²) in [5.41, 5.74) is 2.09. The van der Waals surface area contributed by atoms with Crippen LogP contribution in [0.1, 0.15) is 49.7 Å². The Hall–Kier alpha value is -1.84. The van der Waals surface area contributed by atoms with Gasteiger partial charge in [0.2, 0.25) is 0 Å². The molecule has 0 saturated heterocycles. The smallest absolute Gasteiger partial charge is 0.309 e. The third-order valence-corrected chi connectivity index (χ3v) is 6.20. The van der Waals surface area contributed by atoms with E-state index in [2.05, 4.69) is 10.6 Å². The number of hydrogen-bond donors (Lipinski definition) is 2. The molecule has 2 amide bonds. The van der Waals surface area contributed by atoms with Gasteiger partial charge in [-0.25, -0.2) is 0 Å². The minimum Gasteiger partial charge on any atom is -0.344 e. The summed E-state index contributed by atoms with van der Waals surface area (Å²) in [5, 5.41) is 5.87. The summed E-state index contributed by atoms with van der Waals surface area (Å²) >= 11 is 0. The Labute approximate surface area is 143 Å². The molecule has 24 heavy (non-hydrogen) atoms. The molecular weight excluding hydrogens is 300 g/mol. The molecule has 4 aliphatic carbocycles. The maximum Gasteiger partial charge on any atom is 0.309 e. The topological polar surface area (TPSA) is 58.2 Å². The lowest BCUT2D eigenvalue weighted by atomic mass is 9.53. The Kier molecular flexibility index (Phi) is 3.86. The second-order valence-corrected chi connectivity index (χ2v) is 8.32. The Morgan fingerprint density at radius 1 is 0.958 bits per heavy atom. The predicted octanol–water partition coefficient (Wildman–Crippen LogP) is 2.70. The number of nitrogens with one attached hydrogen (secondary N) is 2. The van der Waals surface area contributed by atoms with Crippen LogP contribution in [0.3, 0.4) is 0 Å². The first kappa shape index (κ1) is 15.7. The summed E-state index contributed by atoms with van der Waals surface area (Å²) in [6.07, 6.45) is 7.18. The molecule has 0 aliphatic heterocycles. The highest BCUT2D eigenvalue weighted by molar-refractivity contribution is 6.35. The largest absolute Gasteiger partial charge is 0.344 e. The van der Waals surface area contributed by atoms with E-state index in [1.165, 1.54) is 24.8 Å². The van der Waals surface area contributed by atoms with Crippen LogP contribution in [-0.4, -0.2) is 17.4 Å². The first-order chi connectivity index (χ1) is 11.5. The molecule has 4 heteroatoms. The molecular formula is C20H26N2O2. The Bertz CT molecular complexity index is 615. The van der Waals surface area contributed by atoms with E-state index in [4.69, 9.17) is 0 Å². The zero-order valence-electron chi connectivity index (χ0n) is 14.3. The fourth-order valence-corrected chi connectivity index (χ4v) is 5.53. The first-order valence-electron chi connectivity index (χ1n) is 9.17. The number of carbonyl (C=O) groups excluding carboxylic acids is 2. The van der Waals surface area contributed by atoms with Gasteiger partial charge >= 0.3 is 11.8 Å². The fourth-order valence-electron chi connectivity index (χ4n) is 5.53. The highest BCUT2D eigenvalue weighted by Gasteiger charge is 2.51. The van der Waals surface area contributed by atoms with Gasteiger partial charge in [0.25, 0.3) is 0 Å². The van der Waals surface area contributed by atoms with Crippen LogP contribution in [0.5, 0.6) is 0 Å². The van der Waals surface area contributed by atoms with Crippen molar-refractivity contribution in [1.29, 1.82) is 0 Å². The molecule has 4 bridgehead atoms. The van der Waals surface area contributed by atoms with Crippen molar-refractivity contribution in [2.45, 2.75) is 57.5 Å². The van der Waals surface area contributed by atoms with Crippen LogP contribution in [-0.2, 0) is 16.1 Å². The average molecular weight is 326 g/mol. The quantitative estimate of drug-likeness (QED) is 0.839. The molecule has 0 unspecified atom stereocenters. The van der Waals surface area contributed by atoms with Gasteiger partial charge in [0, 0.05) is 12.1 Å². The lowest BCUT2D eigenvalue weighted by Crippen LogP contribution is -2.61. The van der Waals surface area contributed by atoms with Crippen molar-refractivity contribution >= 4 is 11.8 Å². The SMILES string of the molecule is Cc1ccc(CNC(=O)C(=O)NC23CC4CC(CC(C4)C2)C3)cc1. The zero-order chi connectivity index (χ0) is 16.7. The first-order valence-corrected chi connectivity index (χ1v) is 9.17. The van der Waals surface area contributed by atoms with E-state index in [-0.39, 0.29) is 5.54 Å². The van der Waals surface area contributed by atoms with E-state index in [9.17, 15) is 9.59 Å². The predicted molar refractivity (Wildman–Crippen MR) is 92.1 cm³/mol. The third-order valence-electron chi connectivity index (χ3n) is 6.20. The van der Waals surface area contributed by atoms with E-state index in [0.717, 1.165) is 42.6 Å². The molecule has 4 fully saturated rings. The van der Waals surface area contributed by atoms with Crippen molar-refractivity contribution in [3.63, 3.8) is 0 Å². The van der Waals surface area contributed by atoms with Crippen LogP contribution < -0.4 is 10.6 Å². The van der Waals surface area contributed by atoms with Crippen LogP contribution in [0.4, 0.5) is 0 Å². The summed E-state index contributed by atoms with van der Waals surface area (Å²) in [6.45, 7) is 2.43. The number of benzene rings is 1. The van der Waals surface area contributed by atoms with Gasteiger partial charge in [0.05, 0.1) is 0 Å². The van der Waals surface area contributed by atoms with E-state index in [0.29, 0.717) is 6.54 Å². The van der Waals surface area contributed by atoms with E-state index in [1.54, 1.807) is 0 Å². The van der Waals surface area contributed by atoms with Crippen molar-refractivity contribution in [3.05, 3.63) is 35.4 Å². The highest BCUT2D eigenvalue weighted by Crippen LogP contribution is 2.55. The fraction of sp³-hybridized carbons (Fsp3) is 0.600. The number of hydrogen-bond acceptors (Lipinski definition) is 2. The molecule has 0 radical (unpaired) electrons. The normalized spacial score (nSPS) is 33.3. The van der Waals surface area contributed by atoms with Gasteiger partial charge in [-0.3, -0.25) is 9.59 Å². The highest BCUT2D eigenvalue weighted by atomic mass is 16.2. The summed E-state index contributed by atoms with van der Waals surface area (Å²) < 4.78 is 0. The minimum absolute atomic E-state index is 0.104. The van der Waals surface area contributed by atoms with Crippen LogP contribution in [0.15, 0.2) is 24.3 Å². The van der Waals surface area contributed by atoms with E-state index < -0.39 is 11.8 Å². The number of rotatable bonds is 3. The second-order valence-electron chi connectivity index (χ2n) is 8.32. The minimum atomic E-state index is -0.508. The van der Waals surface area contributed by atoms with Gasteiger partial charge in [-0.05, 0) is 68.8 Å².